The fraction of sp³-hybridized carbons (Fsp3) is 0.333. The van der Waals surface area contributed by atoms with Crippen LogP contribution in [0.3, 0.4) is 0 Å². The number of aromatic amines is 1. The van der Waals surface area contributed by atoms with Gasteiger partial charge in [-0.05, 0) is 30.5 Å². The van der Waals surface area contributed by atoms with Crippen molar-refractivity contribution in [2.75, 3.05) is 6.61 Å². The molecule has 3 rings (SSSR count). The molecule has 1 aliphatic heterocycles. The largest absolute Gasteiger partial charge is 0.463 e. The predicted molar refractivity (Wildman–Crippen MR) is 109 cm³/mol. The summed E-state index contributed by atoms with van der Waals surface area (Å²) in [4.78, 5) is 34.2. The highest BCUT2D eigenvalue weighted by atomic mass is 16.6. The van der Waals surface area contributed by atoms with E-state index in [1.807, 2.05) is 36.4 Å². The van der Waals surface area contributed by atoms with E-state index in [-0.39, 0.29) is 42.9 Å². The first kappa shape index (κ1) is 20.5. The van der Waals surface area contributed by atoms with Gasteiger partial charge in [-0.3, -0.25) is 9.59 Å². The molecule has 2 unspecified atom stereocenters. The average Bonchev–Trinajstić information content (AvgIpc) is 3.36. The van der Waals surface area contributed by atoms with E-state index in [0.29, 0.717) is 5.69 Å². The molecule has 2 atom stereocenters. The van der Waals surface area contributed by atoms with Crippen molar-refractivity contribution >= 4 is 24.1 Å². The third-order valence-corrected chi connectivity index (χ3v) is 4.49. The van der Waals surface area contributed by atoms with Crippen LogP contribution in [0.2, 0.25) is 0 Å². The minimum atomic E-state index is -0.365. The lowest BCUT2D eigenvalue weighted by atomic mass is 10.1. The Morgan fingerprint density at radius 2 is 2.03 bits per heavy atom. The van der Waals surface area contributed by atoms with Crippen LogP contribution in [0.25, 0.3) is 0 Å². The summed E-state index contributed by atoms with van der Waals surface area (Å²) in [7, 11) is 0. The second-order valence-electron chi connectivity index (χ2n) is 6.73. The van der Waals surface area contributed by atoms with Crippen molar-refractivity contribution < 1.29 is 19.1 Å². The number of amides is 1. The summed E-state index contributed by atoms with van der Waals surface area (Å²) in [5.41, 5.74) is 7.68. The van der Waals surface area contributed by atoms with E-state index >= 15 is 0 Å². The molecule has 1 amide bonds. The molecule has 1 aromatic carbocycles. The maximum absolute atomic E-state index is 12.0. The molecule has 8 nitrogen and oxygen atoms in total. The number of H-pyrrole nitrogens is 1. The Hall–Kier alpha value is -3.26. The normalized spacial score (nSPS) is 19.6. The van der Waals surface area contributed by atoms with E-state index < -0.39 is 0 Å². The molecule has 29 heavy (non-hydrogen) atoms. The molecule has 8 heteroatoms. The standard InChI is InChI=1S/C21H24N4O4/c1-14(26)24-21(23-13-22)18-9-8-17(25-18)19-10-7-16(29-19)12-28-20(27)11-15-5-3-2-4-6-15/h2-6,8-9,13,16,19,25H,7,10-12H2,1H3,(H2,22,23,24,26). The van der Waals surface area contributed by atoms with Gasteiger partial charge in [-0.1, -0.05) is 30.3 Å². The summed E-state index contributed by atoms with van der Waals surface area (Å²) in [6.07, 6.45) is 2.61. The van der Waals surface area contributed by atoms with Gasteiger partial charge >= 0.3 is 5.97 Å². The molecule has 0 saturated carbocycles. The lowest BCUT2D eigenvalue weighted by Crippen LogP contribution is -2.19. The molecule has 2 aromatic rings. The molecular weight excluding hydrogens is 372 g/mol. The summed E-state index contributed by atoms with van der Waals surface area (Å²) in [5.74, 6) is -0.415. The van der Waals surface area contributed by atoms with E-state index in [1.54, 1.807) is 6.07 Å². The van der Waals surface area contributed by atoms with Gasteiger partial charge in [0, 0.05) is 12.6 Å². The van der Waals surface area contributed by atoms with Gasteiger partial charge in [0.05, 0.1) is 30.7 Å². The van der Waals surface area contributed by atoms with Crippen LogP contribution in [0.4, 0.5) is 0 Å². The Labute approximate surface area is 168 Å². The van der Waals surface area contributed by atoms with Gasteiger partial charge in [0.25, 0.3) is 0 Å². The van der Waals surface area contributed by atoms with Crippen LogP contribution < -0.4 is 5.73 Å². The van der Waals surface area contributed by atoms with Gasteiger partial charge in [0.1, 0.15) is 6.61 Å². The smallest absolute Gasteiger partial charge is 0.310 e. The number of esters is 1. The highest BCUT2D eigenvalue weighted by molar-refractivity contribution is 6.06. The molecule has 1 aromatic heterocycles. The fourth-order valence-corrected chi connectivity index (χ4v) is 3.17. The van der Waals surface area contributed by atoms with E-state index in [2.05, 4.69) is 15.0 Å². The van der Waals surface area contributed by atoms with Gasteiger partial charge in [0.15, 0.2) is 5.84 Å². The first-order valence-electron chi connectivity index (χ1n) is 9.43. The zero-order valence-corrected chi connectivity index (χ0v) is 16.2. The number of nitrogens with zero attached hydrogens (tertiary/aromatic N) is 2. The summed E-state index contributed by atoms with van der Waals surface area (Å²) in [6, 6.07) is 13.1. The van der Waals surface area contributed by atoms with Crippen molar-refractivity contribution in [2.24, 2.45) is 15.7 Å². The topological polar surface area (TPSA) is 119 Å². The fourth-order valence-electron chi connectivity index (χ4n) is 3.17. The molecular formula is C21H24N4O4. The van der Waals surface area contributed by atoms with Gasteiger partial charge < -0.3 is 20.2 Å². The van der Waals surface area contributed by atoms with Gasteiger partial charge in [-0.15, -0.1) is 0 Å². The minimum Gasteiger partial charge on any atom is -0.463 e. The van der Waals surface area contributed by atoms with Crippen LogP contribution in [0.1, 0.15) is 42.8 Å². The number of rotatable bonds is 6. The maximum atomic E-state index is 12.0. The van der Waals surface area contributed by atoms with E-state index in [9.17, 15) is 9.59 Å². The van der Waals surface area contributed by atoms with Crippen LogP contribution in [-0.2, 0) is 25.5 Å². The summed E-state index contributed by atoms with van der Waals surface area (Å²) in [6.45, 7) is 1.57. The molecule has 0 aliphatic carbocycles. The number of amidine groups is 1. The first-order valence-corrected chi connectivity index (χ1v) is 9.43. The number of nitrogens with one attached hydrogen (secondary N) is 1. The SMILES string of the molecule is CC(=O)N=C(N=CN)c1ccc(C2CCC(COC(=O)Cc3ccccc3)O2)[nH]1. The minimum absolute atomic E-state index is 0.151. The molecule has 0 spiro atoms. The molecule has 152 valence electrons. The number of carbonyl (C=O) groups excluding carboxylic acids is 2. The second-order valence-corrected chi connectivity index (χ2v) is 6.73. The van der Waals surface area contributed by atoms with Crippen LogP contribution >= 0.6 is 0 Å². The van der Waals surface area contributed by atoms with Crippen LogP contribution in [0.15, 0.2) is 52.4 Å². The molecule has 3 N–H and O–H groups in total. The van der Waals surface area contributed by atoms with Crippen molar-refractivity contribution in [1.82, 2.24) is 4.98 Å². The quantitative estimate of drug-likeness (QED) is 0.441. The summed E-state index contributed by atoms with van der Waals surface area (Å²) < 4.78 is 11.4. The van der Waals surface area contributed by atoms with Crippen molar-refractivity contribution in [1.29, 1.82) is 0 Å². The molecule has 0 radical (unpaired) electrons. The third kappa shape index (κ3) is 5.86. The first-order chi connectivity index (χ1) is 14.0. The monoisotopic (exact) mass is 396 g/mol. The second kappa shape index (κ2) is 9.79. The van der Waals surface area contributed by atoms with Crippen molar-refractivity contribution in [3.63, 3.8) is 0 Å². The van der Waals surface area contributed by atoms with Gasteiger partial charge in [-0.25, -0.2) is 4.99 Å². The summed E-state index contributed by atoms with van der Waals surface area (Å²) >= 11 is 0. The maximum Gasteiger partial charge on any atom is 0.310 e. The molecule has 2 heterocycles. The van der Waals surface area contributed by atoms with Crippen LogP contribution in [0, 0.1) is 0 Å². The Morgan fingerprint density at radius 3 is 2.76 bits per heavy atom. The number of aromatic nitrogens is 1. The Bertz CT molecular complexity index is 904. The number of benzene rings is 1. The number of ether oxygens (including phenoxy) is 2. The number of carbonyl (C=O) groups is 2. The number of hydrogen-bond acceptors (Lipinski definition) is 4. The van der Waals surface area contributed by atoms with E-state index in [0.717, 1.165) is 30.4 Å². The average molecular weight is 396 g/mol. The van der Waals surface area contributed by atoms with E-state index in [1.165, 1.54) is 6.92 Å². The summed E-state index contributed by atoms with van der Waals surface area (Å²) in [5, 5.41) is 0. The highest BCUT2D eigenvalue weighted by Crippen LogP contribution is 2.32. The predicted octanol–water partition coefficient (Wildman–Crippen LogP) is 2.30. The zero-order chi connectivity index (χ0) is 20.6. The lowest BCUT2D eigenvalue weighted by molar-refractivity contribution is -0.146. The number of nitrogens with two attached hydrogens (primary N) is 1. The van der Waals surface area contributed by atoms with E-state index in [4.69, 9.17) is 15.2 Å². The molecule has 1 aliphatic rings. The van der Waals surface area contributed by atoms with Crippen molar-refractivity contribution in [2.45, 2.75) is 38.4 Å². The Morgan fingerprint density at radius 1 is 1.24 bits per heavy atom. The van der Waals surface area contributed by atoms with Crippen LogP contribution in [-0.4, -0.2) is 41.7 Å². The Kier molecular flexibility index (Phi) is 6.91. The third-order valence-electron chi connectivity index (χ3n) is 4.49. The lowest BCUT2D eigenvalue weighted by Gasteiger charge is -2.13. The van der Waals surface area contributed by atoms with Gasteiger partial charge in [-0.2, -0.15) is 4.99 Å². The van der Waals surface area contributed by atoms with Crippen LogP contribution in [0.5, 0.6) is 0 Å². The Balaban J connectivity index is 1.52. The molecule has 0 bridgehead atoms. The molecule has 1 fully saturated rings. The van der Waals surface area contributed by atoms with Gasteiger partial charge in [0.2, 0.25) is 5.91 Å². The zero-order valence-electron chi connectivity index (χ0n) is 16.2. The number of hydrogen-bond donors (Lipinski definition) is 2. The van der Waals surface area contributed by atoms with Crippen molar-refractivity contribution in [3.05, 3.63) is 59.4 Å². The van der Waals surface area contributed by atoms with Crippen molar-refractivity contribution in [3.8, 4) is 0 Å². The highest BCUT2D eigenvalue weighted by Gasteiger charge is 2.28. The molecule has 1 saturated heterocycles. The number of aliphatic imine (C=N–C) groups is 2.